The molecule has 138 valence electrons. The number of nitrogens with zero attached hydrogens (tertiary/aromatic N) is 2. The number of hydrogen-bond acceptors (Lipinski definition) is 3. The molecule has 2 aliphatic rings. The van der Waals surface area contributed by atoms with Gasteiger partial charge in [0.1, 0.15) is 0 Å². The number of amides is 3. The summed E-state index contributed by atoms with van der Waals surface area (Å²) in [5.74, 6) is -0.337. The Balaban J connectivity index is 1.33. The number of piperidine rings is 1. The Morgan fingerprint density at radius 2 is 1.48 bits per heavy atom. The number of hydrogen-bond donors (Lipinski definition) is 0. The molecule has 1 saturated heterocycles. The van der Waals surface area contributed by atoms with Crippen molar-refractivity contribution in [3.63, 3.8) is 0 Å². The van der Waals surface area contributed by atoms with E-state index in [-0.39, 0.29) is 23.6 Å². The first-order valence-corrected chi connectivity index (χ1v) is 9.40. The van der Waals surface area contributed by atoms with Gasteiger partial charge in [0.2, 0.25) is 5.91 Å². The van der Waals surface area contributed by atoms with Crippen LogP contribution in [0, 0.1) is 5.92 Å². The van der Waals surface area contributed by atoms with Crippen molar-refractivity contribution < 1.29 is 14.4 Å². The molecule has 0 spiro atoms. The number of benzene rings is 2. The van der Waals surface area contributed by atoms with E-state index >= 15 is 0 Å². The van der Waals surface area contributed by atoms with Crippen LogP contribution in [0.2, 0.25) is 0 Å². The van der Waals surface area contributed by atoms with E-state index in [0.29, 0.717) is 37.2 Å². The predicted molar refractivity (Wildman–Crippen MR) is 101 cm³/mol. The maximum atomic E-state index is 12.5. The van der Waals surface area contributed by atoms with Crippen molar-refractivity contribution in [1.29, 1.82) is 0 Å². The van der Waals surface area contributed by atoms with E-state index in [1.807, 2.05) is 23.1 Å². The van der Waals surface area contributed by atoms with Gasteiger partial charge in [-0.2, -0.15) is 0 Å². The molecule has 2 aromatic carbocycles. The zero-order chi connectivity index (χ0) is 18.8. The van der Waals surface area contributed by atoms with Crippen molar-refractivity contribution in [1.82, 2.24) is 9.80 Å². The summed E-state index contributed by atoms with van der Waals surface area (Å²) in [6.45, 7) is 1.71. The number of carbonyl (C=O) groups excluding carboxylic acids is 3. The molecule has 0 saturated carbocycles. The molecular formula is C22H22N2O3. The van der Waals surface area contributed by atoms with Gasteiger partial charge in [-0.1, -0.05) is 42.5 Å². The number of carbonyl (C=O) groups is 3. The molecule has 4 rings (SSSR count). The summed E-state index contributed by atoms with van der Waals surface area (Å²) in [5, 5.41) is 0. The van der Waals surface area contributed by atoms with Crippen LogP contribution in [0.1, 0.15) is 39.1 Å². The van der Waals surface area contributed by atoms with Crippen molar-refractivity contribution in [2.45, 2.75) is 19.3 Å². The highest BCUT2D eigenvalue weighted by molar-refractivity contribution is 6.21. The highest BCUT2D eigenvalue weighted by atomic mass is 16.2. The monoisotopic (exact) mass is 362 g/mol. The van der Waals surface area contributed by atoms with Crippen molar-refractivity contribution in [3.05, 3.63) is 71.3 Å². The highest BCUT2D eigenvalue weighted by Crippen LogP contribution is 2.26. The molecule has 2 heterocycles. The van der Waals surface area contributed by atoms with Gasteiger partial charge in [0.25, 0.3) is 11.8 Å². The van der Waals surface area contributed by atoms with Crippen LogP contribution in [0.5, 0.6) is 0 Å². The lowest BCUT2D eigenvalue weighted by Gasteiger charge is -2.33. The molecule has 1 fully saturated rings. The lowest BCUT2D eigenvalue weighted by molar-refractivity contribution is -0.135. The van der Waals surface area contributed by atoms with Gasteiger partial charge in [-0.15, -0.1) is 0 Å². The average Bonchev–Trinajstić information content (AvgIpc) is 2.93. The number of likely N-dealkylation sites (tertiary alicyclic amines) is 1. The lowest BCUT2D eigenvalue weighted by Crippen LogP contribution is -2.44. The molecule has 0 bridgehead atoms. The first kappa shape index (κ1) is 17.5. The van der Waals surface area contributed by atoms with E-state index in [1.54, 1.807) is 24.3 Å². The number of rotatable bonds is 5. The van der Waals surface area contributed by atoms with Crippen molar-refractivity contribution >= 4 is 17.7 Å². The summed E-state index contributed by atoms with van der Waals surface area (Å²) in [5.41, 5.74) is 2.15. The standard InChI is InChI=1S/C22H22N2O3/c25-20-14-17(11-13-23(20)12-10-16-6-2-1-3-7-16)15-24-21(26)18-8-4-5-9-19(18)22(24)27/h1-9,17H,10-15H2. The summed E-state index contributed by atoms with van der Waals surface area (Å²) in [4.78, 5) is 40.7. The fraction of sp³-hybridized carbons (Fsp3) is 0.318. The maximum Gasteiger partial charge on any atom is 0.261 e. The van der Waals surface area contributed by atoms with E-state index < -0.39 is 0 Å². The van der Waals surface area contributed by atoms with Crippen LogP contribution >= 0.6 is 0 Å². The zero-order valence-electron chi connectivity index (χ0n) is 15.1. The number of fused-ring (bicyclic) bond motifs is 1. The van der Waals surface area contributed by atoms with Crippen LogP contribution < -0.4 is 0 Å². The Bertz CT molecular complexity index is 843. The molecule has 1 atom stereocenters. The summed E-state index contributed by atoms with van der Waals surface area (Å²) < 4.78 is 0. The van der Waals surface area contributed by atoms with E-state index in [2.05, 4.69) is 12.1 Å². The fourth-order valence-electron chi connectivity index (χ4n) is 3.91. The second kappa shape index (κ2) is 7.35. The van der Waals surface area contributed by atoms with Crippen LogP contribution in [0.15, 0.2) is 54.6 Å². The minimum atomic E-state index is -0.241. The topological polar surface area (TPSA) is 57.7 Å². The minimum Gasteiger partial charge on any atom is -0.342 e. The largest absolute Gasteiger partial charge is 0.342 e. The Kier molecular flexibility index (Phi) is 4.75. The first-order chi connectivity index (χ1) is 13.1. The fourth-order valence-corrected chi connectivity index (χ4v) is 3.91. The molecule has 0 aromatic heterocycles. The molecule has 2 aliphatic heterocycles. The van der Waals surface area contributed by atoms with Gasteiger partial charge in [0.05, 0.1) is 11.1 Å². The zero-order valence-corrected chi connectivity index (χ0v) is 15.1. The third kappa shape index (κ3) is 3.50. The molecule has 5 nitrogen and oxygen atoms in total. The molecule has 0 radical (unpaired) electrons. The summed E-state index contributed by atoms with van der Waals surface area (Å²) in [6, 6.07) is 17.0. The van der Waals surface area contributed by atoms with Gasteiger partial charge >= 0.3 is 0 Å². The quantitative estimate of drug-likeness (QED) is 0.769. The Morgan fingerprint density at radius 1 is 0.852 bits per heavy atom. The average molecular weight is 362 g/mol. The molecular weight excluding hydrogens is 340 g/mol. The highest BCUT2D eigenvalue weighted by Gasteiger charge is 2.37. The predicted octanol–water partition coefficient (Wildman–Crippen LogP) is 2.76. The van der Waals surface area contributed by atoms with E-state index in [1.165, 1.54) is 10.5 Å². The second-order valence-corrected chi connectivity index (χ2v) is 7.24. The van der Waals surface area contributed by atoms with Crippen LogP contribution in [0.25, 0.3) is 0 Å². The van der Waals surface area contributed by atoms with Crippen LogP contribution in [0.3, 0.4) is 0 Å². The SMILES string of the molecule is O=C1CC(CN2C(=O)c3ccccc3C2=O)CCN1CCc1ccccc1. The van der Waals surface area contributed by atoms with E-state index in [9.17, 15) is 14.4 Å². The molecule has 2 aromatic rings. The van der Waals surface area contributed by atoms with Crippen LogP contribution in [0.4, 0.5) is 0 Å². The molecule has 3 amide bonds. The second-order valence-electron chi connectivity index (χ2n) is 7.24. The van der Waals surface area contributed by atoms with Gasteiger partial charge in [0.15, 0.2) is 0 Å². The molecule has 0 aliphatic carbocycles. The van der Waals surface area contributed by atoms with Gasteiger partial charge in [-0.05, 0) is 36.5 Å². The lowest BCUT2D eigenvalue weighted by atomic mass is 9.95. The molecule has 0 N–H and O–H groups in total. The summed E-state index contributed by atoms with van der Waals surface area (Å²) in [7, 11) is 0. The normalized spacial score (nSPS) is 19.6. The maximum absolute atomic E-state index is 12.5. The third-order valence-electron chi connectivity index (χ3n) is 5.46. The van der Waals surface area contributed by atoms with Crippen LogP contribution in [-0.2, 0) is 11.2 Å². The van der Waals surface area contributed by atoms with Gasteiger partial charge < -0.3 is 4.90 Å². The Morgan fingerprint density at radius 3 is 2.11 bits per heavy atom. The van der Waals surface area contributed by atoms with Crippen molar-refractivity contribution in [2.75, 3.05) is 19.6 Å². The van der Waals surface area contributed by atoms with Gasteiger partial charge in [0, 0.05) is 26.1 Å². The minimum absolute atomic E-state index is 0.0349. The number of imide groups is 1. The van der Waals surface area contributed by atoms with E-state index in [0.717, 1.165) is 12.8 Å². The van der Waals surface area contributed by atoms with Crippen molar-refractivity contribution in [2.24, 2.45) is 5.92 Å². The molecule has 27 heavy (non-hydrogen) atoms. The van der Waals surface area contributed by atoms with Gasteiger partial charge in [-0.3, -0.25) is 19.3 Å². The van der Waals surface area contributed by atoms with Gasteiger partial charge in [-0.25, -0.2) is 0 Å². The molecule has 5 heteroatoms. The first-order valence-electron chi connectivity index (χ1n) is 9.40. The third-order valence-corrected chi connectivity index (χ3v) is 5.46. The van der Waals surface area contributed by atoms with Crippen molar-refractivity contribution in [3.8, 4) is 0 Å². The van der Waals surface area contributed by atoms with Crippen LogP contribution in [-0.4, -0.2) is 47.2 Å². The Hall–Kier alpha value is -2.95. The summed E-state index contributed by atoms with van der Waals surface area (Å²) >= 11 is 0. The Labute approximate surface area is 158 Å². The van der Waals surface area contributed by atoms with E-state index in [4.69, 9.17) is 0 Å². The smallest absolute Gasteiger partial charge is 0.261 e. The summed E-state index contributed by atoms with van der Waals surface area (Å²) in [6.07, 6.45) is 2.05. The molecule has 1 unspecified atom stereocenters.